The first-order chi connectivity index (χ1) is 8.65. The highest BCUT2D eigenvalue weighted by atomic mass is 35.5. The molecule has 1 aliphatic heterocycles. The van der Waals surface area contributed by atoms with Crippen molar-refractivity contribution >= 4 is 35.0 Å². The molecule has 0 aliphatic carbocycles. The van der Waals surface area contributed by atoms with E-state index in [0.29, 0.717) is 0 Å². The molecule has 2 rings (SSSR count). The number of nitrogens with zero attached hydrogens (tertiary/aromatic N) is 1. The summed E-state index contributed by atoms with van der Waals surface area (Å²) in [5, 5.41) is 10.9. The molecule has 0 spiro atoms. The molecule has 1 aliphatic rings. The number of aliphatic hydroxyl groups is 1. The Kier molecular flexibility index (Phi) is 5.64. The van der Waals surface area contributed by atoms with Crippen LogP contribution in [0.2, 0.25) is 10.0 Å². The number of aliphatic hydroxyl groups excluding tert-OH is 1. The maximum atomic E-state index is 9.43. The van der Waals surface area contributed by atoms with Crippen molar-refractivity contribution in [2.75, 3.05) is 25.4 Å². The Hall–Kier alpha value is 0.0700. The van der Waals surface area contributed by atoms with E-state index in [4.69, 9.17) is 23.2 Å². The van der Waals surface area contributed by atoms with E-state index in [0.717, 1.165) is 53.2 Å². The lowest BCUT2D eigenvalue weighted by molar-refractivity contribution is 0.0857. The van der Waals surface area contributed by atoms with Crippen molar-refractivity contribution in [3.05, 3.63) is 28.2 Å². The topological polar surface area (TPSA) is 23.5 Å². The standard InChI is InChI=1S/C13H17Cl2NOS/c14-10-1-2-12(15)13(9-10)18-8-7-16-5-3-11(17)4-6-16/h1-2,9,11,17H,3-8H2. The predicted molar refractivity (Wildman–Crippen MR) is 78.9 cm³/mol. The SMILES string of the molecule is OC1CCN(CCSc2cc(Cl)ccc2Cl)CC1. The summed E-state index contributed by atoms with van der Waals surface area (Å²) in [6.07, 6.45) is 1.68. The van der Waals surface area contributed by atoms with E-state index in [-0.39, 0.29) is 6.10 Å². The third-order valence-electron chi connectivity index (χ3n) is 3.12. The van der Waals surface area contributed by atoms with E-state index in [1.54, 1.807) is 17.8 Å². The minimum atomic E-state index is -0.101. The lowest BCUT2D eigenvalue weighted by atomic mass is 10.1. The number of thioether (sulfide) groups is 1. The smallest absolute Gasteiger partial charge is 0.0564 e. The van der Waals surface area contributed by atoms with Gasteiger partial charge in [0, 0.05) is 35.3 Å². The molecule has 0 saturated carbocycles. The molecule has 18 heavy (non-hydrogen) atoms. The van der Waals surface area contributed by atoms with Crippen LogP contribution in [0.1, 0.15) is 12.8 Å². The second-order valence-electron chi connectivity index (χ2n) is 4.50. The van der Waals surface area contributed by atoms with Gasteiger partial charge >= 0.3 is 0 Å². The van der Waals surface area contributed by atoms with E-state index in [1.807, 2.05) is 12.1 Å². The zero-order valence-corrected chi connectivity index (χ0v) is 12.4. The van der Waals surface area contributed by atoms with E-state index in [9.17, 15) is 5.11 Å². The van der Waals surface area contributed by atoms with Gasteiger partial charge in [0.1, 0.15) is 0 Å². The molecule has 0 atom stereocenters. The van der Waals surface area contributed by atoms with Crippen LogP contribution >= 0.6 is 35.0 Å². The maximum absolute atomic E-state index is 9.43. The molecule has 5 heteroatoms. The van der Waals surface area contributed by atoms with Crippen molar-refractivity contribution in [1.82, 2.24) is 4.90 Å². The van der Waals surface area contributed by atoms with Crippen molar-refractivity contribution in [2.24, 2.45) is 0 Å². The summed E-state index contributed by atoms with van der Waals surface area (Å²) in [4.78, 5) is 3.43. The summed E-state index contributed by atoms with van der Waals surface area (Å²) in [6.45, 7) is 3.01. The quantitative estimate of drug-likeness (QED) is 0.861. The van der Waals surface area contributed by atoms with Crippen LogP contribution in [0.5, 0.6) is 0 Å². The Balaban J connectivity index is 1.76. The van der Waals surface area contributed by atoms with Gasteiger partial charge in [0.25, 0.3) is 0 Å². The molecule has 0 unspecified atom stereocenters. The molecule has 0 radical (unpaired) electrons. The first-order valence-electron chi connectivity index (χ1n) is 6.13. The summed E-state index contributed by atoms with van der Waals surface area (Å²) >= 11 is 13.8. The van der Waals surface area contributed by atoms with Gasteiger partial charge in [-0.1, -0.05) is 23.2 Å². The molecule has 0 bridgehead atoms. The second kappa shape index (κ2) is 7.01. The third kappa shape index (κ3) is 4.32. The van der Waals surface area contributed by atoms with Gasteiger partial charge in [-0.2, -0.15) is 0 Å². The van der Waals surface area contributed by atoms with Crippen molar-refractivity contribution < 1.29 is 5.11 Å². The number of hydrogen-bond donors (Lipinski definition) is 1. The number of piperidine rings is 1. The Morgan fingerprint density at radius 3 is 2.72 bits per heavy atom. The minimum absolute atomic E-state index is 0.101. The molecule has 1 fully saturated rings. The Morgan fingerprint density at radius 1 is 1.28 bits per heavy atom. The molecule has 0 aromatic heterocycles. The van der Waals surface area contributed by atoms with E-state index in [2.05, 4.69) is 4.90 Å². The largest absolute Gasteiger partial charge is 0.393 e. The normalized spacial score (nSPS) is 18.2. The van der Waals surface area contributed by atoms with Crippen LogP contribution in [0, 0.1) is 0 Å². The highest BCUT2D eigenvalue weighted by molar-refractivity contribution is 7.99. The minimum Gasteiger partial charge on any atom is -0.393 e. The Labute approximate surface area is 122 Å². The van der Waals surface area contributed by atoms with Crippen LogP contribution in [0.25, 0.3) is 0 Å². The van der Waals surface area contributed by atoms with Gasteiger partial charge in [0.15, 0.2) is 0 Å². The maximum Gasteiger partial charge on any atom is 0.0564 e. The van der Waals surface area contributed by atoms with Crippen molar-refractivity contribution in [3.63, 3.8) is 0 Å². The lowest BCUT2D eigenvalue weighted by Crippen LogP contribution is -2.37. The molecular formula is C13H17Cl2NOS. The van der Waals surface area contributed by atoms with Gasteiger partial charge in [-0.3, -0.25) is 0 Å². The van der Waals surface area contributed by atoms with Gasteiger partial charge in [-0.05, 0) is 31.0 Å². The highest BCUT2D eigenvalue weighted by Crippen LogP contribution is 2.29. The van der Waals surface area contributed by atoms with Crippen molar-refractivity contribution in [2.45, 2.75) is 23.8 Å². The molecule has 1 N–H and O–H groups in total. The molecule has 1 aromatic rings. The highest BCUT2D eigenvalue weighted by Gasteiger charge is 2.16. The van der Waals surface area contributed by atoms with Gasteiger partial charge in [-0.25, -0.2) is 0 Å². The number of rotatable bonds is 4. The van der Waals surface area contributed by atoms with Crippen molar-refractivity contribution in [3.8, 4) is 0 Å². The van der Waals surface area contributed by atoms with E-state index < -0.39 is 0 Å². The van der Waals surface area contributed by atoms with Crippen LogP contribution in [0.4, 0.5) is 0 Å². The van der Waals surface area contributed by atoms with Gasteiger partial charge in [0.2, 0.25) is 0 Å². The number of halogens is 2. The second-order valence-corrected chi connectivity index (χ2v) is 6.48. The fourth-order valence-electron chi connectivity index (χ4n) is 2.02. The monoisotopic (exact) mass is 305 g/mol. The van der Waals surface area contributed by atoms with Gasteiger partial charge in [0.05, 0.1) is 11.1 Å². The molecule has 0 amide bonds. The van der Waals surface area contributed by atoms with E-state index in [1.165, 1.54) is 0 Å². The number of benzene rings is 1. The van der Waals surface area contributed by atoms with Gasteiger partial charge < -0.3 is 10.0 Å². The molecule has 1 aromatic carbocycles. The van der Waals surface area contributed by atoms with Crippen LogP contribution in [0.3, 0.4) is 0 Å². The summed E-state index contributed by atoms with van der Waals surface area (Å²) in [5.74, 6) is 0.996. The van der Waals surface area contributed by atoms with Crippen LogP contribution < -0.4 is 0 Å². The van der Waals surface area contributed by atoms with Crippen molar-refractivity contribution in [1.29, 1.82) is 0 Å². The molecular weight excluding hydrogens is 289 g/mol. The molecule has 100 valence electrons. The lowest BCUT2D eigenvalue weighted by Gasteiger charge is -2.29. The molecule has 1 heterocycles. The fourth-order valence-corrected chi connectivity index (χ4v) is 3.52. The molecule has 2 nitrogen and oxygen atoms in total. The first-order valence-corrected chi connectivity index (χ1v) is 7.87. The first kappa shape index (κ1) is 14.5. The molecule has 1 saturated heterocycles. The predicted octanol–water partition coefficient (Wildman–Crippen LogP) is 3.54. The average Bonchev–Trinajstić information content (AvgIpc) is 2.36. The fraction of sp³-hybridized carbons (Fsp3) is 0.538. The third-order valence-corrected chi connectivity index (χ3v) is 4.83. The van der Waals surface area contributed by atoms with Crippen LogP contribution in [0.15, 0.2) is 23.1 Å². The summed E-state index contributed by atoms with van der Waals surface area (Å²) in [7, 11) is 0. The Morgan fingerprint density at radius 2 is 2.00 bits per heavy atom. The number of hydrogen-bond acceptors (Lipinski definition) is 3. The van der Waals surface area contributed by atoms with E-state index >= 15 is 0 Å². The van der Waals surface area contributed by atoms with Gasteiger partial charge in [-0.15, -0.1) is 11.8 Å². The summed E-state index contributed by atoms with van der Waals surface area (Å²) in [6, 6.07) is 5.55. The zero-order valence-electron chi connectivity index (χ0n) is 10.1. The Bertz CT molecular complexity index is 395. The summed E-state index contributed by atoms with van der Waals surface area (Å²) < 4.78 is 0. The summed E-state index contributed by atoms with van der Waals surface area (Å²) in [5.41, 5.74) is 0. The zero-order chi connectivity index (χ0) is 13.0. The van der Waals surface area contributed by atoms with Crippen LogP contribution in [-0.2, 0) is 0 Å². The van der Waals surface area contributed by atoms with Crippen LogP contribution in [-0.4, -0.2) is 41.5 Å². The average molecular weight is 306 g/mol. The number of likely N-dealkylation sites (tertiary alicyclic amines) is 1.